The topological polar surface area (TPSA) is 218 Å². The molecule has 2 aliphatic carbocycles. The van der Waals surface area contributed by atoms with Crippen molar-refractivity contribution in [2.45, 2.75) is 129 Å². The summed E-state index contributed by atoms with van der Waals surface area (Å²) in [4.78, 5) is 52.2. The van der Waals surface area contributed by atoms with Crippen LogP contribution in [0.5, 0.6) is 0 Å². The average Bonchev–Trinajstić information content (AvgIpc) is 2.68. The van der Waals surface area contributed by atoms with E-state index in [-0.39, 0.29) is 23.5 Å². The third-order valence-corrected chi connectivity index (χ3v) is 20.3. The summed E-state index contributed by atoms with van der Waals surface area (Å²) in [6.45, 7) is 20.2. The summed E-state index contributed by atoms with van der Waals surface area (Å²) in [5.74, 6) is 0.255. The van der Waals surface area contributed by atoms with Gasteiger partial charge in [0.15, 0.2) is 5.78 Å². The van der Waals surface area contributed by atoms with Gasteiger partial charge in [-0.3, -0.25) is 29.1 Å². The van der Waals surface area contributed by atoms with Gasteiger partial charge in [-0.1, -0.05) is 72.8 Å². The summed E-state index contributed by atoms with van der Waals surface area (Å²) >= 11 is 0. The predicted octanol–water partition coefficient (Wildman–Crippen LogP) is 8.29. The van der Waals surface area contributed by atoms with Crippen LogP contribution in [-0.4, -0.2) is 145 Å². The number of amides is 3. The van der Waals surface area contributed by atoms with Crippen molar-refractivity contribution in [2.75, 3.05) is 112 Å². The zero-order valence-corrected chi connectivity index (χ0v) is 53.3. The van der Waals surface area contributed by atoms with Crippen LogP contribution < -0.4 is 42.5 Å². The van der Waals surface area contributed by atoms with Crippen molar-refractivity contribution in [2.24, 2.45) is 21.7 Å². The molecule has 5 aromatic rings. The second-order valence-electron chi connectivity index (χ2n) is 26.6. The molecule has 18 rings (SSSR count). The Morgan fingerprint density at radius 1 is 0.333 bits per heavy atom. The van der Waals surface area contributed by atoms with Gasteiger partial charge in [-0.25, -0.2) is 0 Å². The predicted molar refractivity (Wildman–Crippen MR) is 353 cm³/mol. The van der Waals surface area contributed by atoms with Crippen LogP contribution >= 0.6 is 0 Å². The number of aryl methyl sites for hydroxylation is 1. The summed E-state index contributed by atoms with van der Waals surface area (Å²) in [6.07, 6.45) is 25.8. The van der Waals surface area contributed by atoms with Gasteiger partial charge in [-0.15, -0.1) is 0 Å². The van der Waals surface area contributed by atoms with E-state index >= 15 is 0 Å². The third-order valence-electron chi connectivity index (χ3n) is 20.3. The maximum atomic E-state index is 11.2. The molecule has 1 saturated carbocycles. The molecule has 3 aromatic carbocycles. The first-order valence-corrected chi connectivity index (χ1v) is 33.9. The van der Waals surface area contributed by atoms with Gasteiger partial charge >= 0.3 is 0 Å². The van der Waals surface area contributed by atoms with Crippen LogP contribution in [0, 0.1) is 21.7 Å². The van der Waals surface area contributed by atoms with Crippen LogP contribution in [0.1, 0.15) is 165 Å². The second kappa shape index (κ2) is 33.9. The highest BCUT2D eigenvalue weighted by atomic mass is 16.5. The van der Waals surface area contributed by atoms with E-state index in [1.165, 1.54) is 153 Å². The van der Waals surface area contributed by atoms with Gasteiger partial charge in [0, 0.05) is 100 Å². The summed E-state index contributed by atoms with van der Waals surface area (Å²) in [7, 11) is 0. The maximum absolute atomic E-state index is 11.2. The smallest absolute Gasteiger partial charge is 0.270 e. The molecule has 0 atom stereocenters. The number of ketones is 1. The number of carbonyl (C=O) groups excluding carboxylic acids is 4. The first-order valence-electron chi connectivity index (χ1n) is 33.9. The highest BCUT2D eigenvalue weighted by Crippen LogP contribution is 2.52. The van der Waals surface area contributed by atoms with Gasteiger partial charge in [0.1, 0.15) is 11.4 Å². The van der Waals surface area contributed by atoms with E-state index in [4.69, 9.17) is 14.2 Å². The molecule has 484 valence electrons. The van der Waals surface area contributed by atoms with E-state index in [0.717, 1.165) is 117 Å². The number of ether oxygens (including phenoxy) is 3. The minimum absolute atomic E-state index is 0.0515. The van der Waals surface area contributed by atoms with Gasteiger partial charge in [-0.2, -0.15) is 0 Å². The Kier molecular flexibility index (Phi) is 25.1. The minimum Gasteiger partial charge on any atom is -0.381 e. The third kappa shape index (κ3) is 19.4. The first-order chi connectivity index (χ1) is 44.1. The van der Waals surface area contributed by atoms with E-state index in [0.29, 0.717) is 47.1 Å². The number of nitrogens with one attached hydrogen (secondary N) is 8. The first kappa shape index (κ1) is 66.6. The summed E-state index contributed by atoms with van der Waals surface area (Å²) in [6, 6.07) is 31.7. The van der Waals surface area contributed by atoms with Gasteiger partial charge < -0.3 is 56.7 Å². The molecule has 17 nitrogen and oxygen atoms in total. The van der Waals surface area contributed by atoms with E-state index < -0.39 is 0 Å². The van der Waals surface area contributed by atoms with Crippen molar-refractivity contribution in [3.05, 3.63) is 165 Å². The molecule has 17 heteroatoms. The summed E-state index contributed by atoms with van der Waals surface area (Å²) in [5, 5.41) is 25.1. The fourth-order valence-electron chi connectivity index (χ4n) is 13.8. The number of aromatic nitrogens is 2. The fraction of sp³-hybridized carbons (Fsp3) is 0.562. The average molecular weight is 1230 g/mol. The number of pyridine rings is 2. The molecule has 0 bridgehead atoms. The fourth-order valence-corrected chi connectivity index (χ4v) is 13.8. The zero-order chi connectivity index (χ0) is 62.2. The number of hydrogen-bond donors (Lipinski definition) is 8. The number of Topliss-reactive ketones (excluding diaryl/α,β-unsaturated/α-hetero) is 1. The number of carbonyl (C=O) groups is 4. The Hall–Kier alpha value is -6.28. The van der Waals surface area contributed by atoms with Crippen LogP contribution in [0.2, 0.25) is 0 Å². The summed E-state index contributed by atoms with van der Waals surface area (Å²) < 4.78 is 15.8. The highest BCUT2D eigenvalue weighted by Gasteiger charge is 2.43. The van der Waals surface area contributed by atoms with E-state index in [1.807, 2.05) is 72.8 Å². The van der Waals surface area contributed by atoms with E-state index in [9.17, 15) is 19.2 Å². The number of nitrogens with zero attached hydrogens (tertiary/aromatic N) is 2. The van der Waals surface area contributed by atoms with E-state index in [1.54, 1.807) is 12.4 Å². The Labute approximate surface area is 534 Å². The standard InChI is InChI=1S/C10H13N.C9H17NO.2C9H9NO.C8H7NO.C7H6N2O.2C7H13NO.C7H13N/c1-2-4-10-6-8-11-7-5-9(10)3-1;1-5-10-6-2-9(1)3-7-11-8-4-9;11-8-5-1-3-7-4-2-6-10-9(7)8;11-9-8-4-2-1-3-7(8)5-6-10-9;10-8-7-4-2-1-3-6(7)5-9-8;10-7-6-5(4-9-7)2-1-3-8-6;1-3-9-4-2-7(1)5-8-6-7;1-3-8-4-2-7(1)5-9-6-7;1-2-7(1)3-5-8-6-4-7/h1-4,11H,5-8H2;10H,1-8H2;2,4,6H,1,3,5H2;1-4H,5-6H2,(H,10,11);1-4H,5H2,(H,9,10);1-3H,4H2,(H,9,10);2*8H,1-6H2;8H,1-6H2. The van der Waals surface area contributed by atoms with Crippen LogP contribution in [-0.2, 0) is 53.0 Å². The molecule has 3 amide bonds. The van der Waals surface area contributed by atoms with Crippen molar-refractivity contribution >= 4 is 23.5 Å². The molecule has 90 heavy (non-hydrogen) atoms. The number of rotatable bonds is 0. The minimum atomic E-state index is -0.0596. The lowest BCUT2D eigenvalue weighted by molar-refractivity contribution is -0.127. The van der Waals surface area contributed by atoms with Gasteiger partial charge in [0.2, 0.25) is 0 Å². The second-order valence-corrected chi connectivity index (χ2v) is 26.6. The van der Waals surface area contributed by atoms with Crippen LogP contribution in [0.4, 0.5) is 0 Å². The van der Waals surface area contributed by atoms with Crippen molar-refractivity contribution in [3.63, 3.8) is 0 Å². The Bertz CT molecular complexity index is 2880. The molecule has 8 N–H and O–H groups in total. The largest absolute Gasteiger partial charge is 0.381 e. The van der Waals surface area contributed by atoms with E-state index in [2.05, 4.69) is 76.8 Å². The molecule has 11 aliphatic heterocycles. The zero-order valence-electron chi connectivity index (χ0n) is 53.3. The van der Waals surface area contributed by atoms with Gasteiger partial charge in [0.25, 0.3) is 17.7 Å². The number of hydrogen-bond acceptors (Lipinski definition) is 14. The molecular formula is C73H100N10O7. The quantitative estimate of drug-likeness (QED) is 0.0732. The number of piperidine rings is 3. The molecule has 8 fully saturated rings. The number of benzene rings is 3. The SMILES string of the molecule is C1CC2(CCN1)CC2.C1CC2(CCN1)CCOCC2.C1CC2(CCN1)COC2.C1CC2(CCO1)CNC2.O=C1CCCc2cccnc21.O=C1NCCc2ccccc21.O=C1NCc2ccccc21.O=C1NCc2cccnc21.c1ccc2c(c1)CCNCC2. The van der Waals surface area contributed by atoms with Crippen molar-refractivity contribution < 1.29 is 33.4 Å². The maximum Gasteiger partial charge on any atom is 0.270 e. The molecule has 13 aliphatic rings. The van der Waals surface area contributed by atoms with Crippen molar-refractivity contribution in [1.82, 2.24) is 52.5 Å². The lowest BCUT2D eigenvalue weighted by Crippen LogP contribution is -2.55. The lowest BCUT2D eigenvalue weighted by atomic mass is 9.73. The summed E-state index contributed by atoms with van der Waals surface area (Å²) in [5.41, 5.74) is 13.2. The molecule has 0 radical (unpaired) electrons. The monoisotopic (exact) mass is 1230 g/mol. The molecular weight excluding hydrogens is 1130 g/mol. The van der Waals surface area contributed by atoms with Crippen LogP contribution in [0.3, 0.4) is 0 Å². The van der Waals surface area contributed by atoms with Gasteiger partial charge in [0.05, 0.1) is 13.2 Å². The molecule has 4 spiro atoms. The Morgan fingerprint density at radius 3 is 1.27 bits per heavy atom. The molecule has 2 aromatic heterocycles. The van der Waals surface area contributed by atoms with Crippen molar-refractivity contribution in [3.8, 4) is 0 Å². The molecule has 0 unspecified atom stereocenters. The molecule has 7 saturated heterocycles. The van der Waals surface area contributed by atoms with Crippen molar-refractivity contribution in [1.29, 1.82) is 0 Å². The molecule has 13 heterocycles. The number of fused-ring (bicyclic) bond motifs is 5. The Balaban J connectivity index is 0.000000112. The highest BCUT2D eigenvalue weighted by molar-refractivity contribution is 5.98. The normalized spacial score (nSPS) is 22.3. The van der Waals surface area contributed by atoms with Crippen LogP contribution in [0.25, 0.3) is 0 Å². The van der Waals surface area contributed by atoms with Gasteiger partial charge in [-0.05, 0) is 230 Å². The van der Waals surface area contributed by atoms with Crippen LogP contribution in [0.15, 0.2) is 109 Å². The lowest BCUT2D eigenvalue weighted by Gasteiger charge is -2.45. The Morgan fingerprint density at radius 2 is 0.778 bits per heavy atom.